The first-order valence-corrected chi connectivity index (χ1v) is 10.7. The van der Waals surface area contributed by atoms with E-state index in [4.69, 9.17) is 19.1 Å². The highest BCUT2D eigenvalue weighted by Crippen LogP contribution is 2.33. The van der Waals surface area contributed by atoms with Gasteiger partial charge in [-0.05, 0) is 35.7 Å². The standard InChI is InChI=1S/C19H21N5O5S/c1-27-16-6-12-3-4-24(10-14(12)7-17(16)28-2)11-18-22-19(23-29-18)13-5-15(9-21-8-13)30(20,25)26/h5-9H,3-4,10-11H2,1-2H3,(H2,20,25,26). The molecule has 0 unspecified atom stereocenters. The molecule has 2 N–H and O–H groups in total. The SMILES string of the molecule is COc1cc2c(cc1OC)CN(Cc1nc(-c3cncc(S(N)(=O)=O)c3)no1)CC2. The van der Waals surface area contributed by atoms with Gasteiger partial charge in [-0.3, -0.25) is 9.88 Å². The van der Waals surface area contributed by atoms with E-state index in [9.17, 15) is 8.42 Å². The van der Waals surface area contributed by atoms with E-state index >= 15 is 0 Å². The van der Waals surface area contributed by atoms with Crippen LogP contribution in [0, 0.1) is 0 Å². The van der Waals surface area contributed by atoms with E-state index in [1.165, 1.54) is 24.0 Å². The van der Waals surface area contributed by atoms with E-state index in [1.807, 2.05) is 12.1 Å². The Balaban J connectivity index is 1.50. The van der Waals surface area contributed by atoms with Gasteiger partial charge < -0.3 is 14.0 Å². The minimum atomic E-state index is -3.86. The zero-order chi connectivity index (χ0) is 21.3. The Bertz CT molecular complexity index is 1180. The third kappa shape index (κ3) is 4.13. The lowest BCUT2D eigenvalue weighted by Gasteiger charge is -2.28. The van der Waals surface area contributed by atoms with Crippen molar-refractivity contribution in [3.63, 3.8) is 0 Å². The van der Waals surface area contributed by atoms with Crippen LogP contribution in [-0.2, 0) is 29.5 Å². The lowest BCUT2D eigenvalue weighted by atomic mass is 9.99. The highest BCUT2D eigenvalue weighted by atomic mass is 32.2. The van der Waals surface area contributed by atoms with Crippen molar-refractivity contribution < 1.29 is 22.4 Å². The van der Waals surface area contributed by atoms with Crippen molar-refractivity contribution in [3.8, 4) is 22.9 Å². The summed E-state index contributed by atoms with van der Waals surface area (Å²) in [6, 6.07) is 5.37. The molecule has 11 heteroatoms. The van der Waals surface area contributed by atoms with Crippen molar-refractivity contribution in [2.75, 3.05) is 20.8 Å². The number of fused-ring (bicyclic) bond motifs is 1. The van der Waals surface area contributed by atoms with Crippen LogP contribution >= 0.6 is 0 Å². The molecule has 0 aliphatic carbocycles. The minimum Gasteiger partial charge on any atom is -0.493 e. The Morgan fingerprint density at radius 3 is 2.57 bits per heavy atom. The number of pyridine rings is 1. The van der Waals surface area contributed by atoms with Gasteiger partial charge in [0.25, 0.3) is 0 Å². The van der Waals surface area contributed by atoms with E-state index in [0.717, 1.165) is 24.3 Å². The van der Waals surface area contributed by atoms with Crippen LogP contribution in [0.15, 0.2) is 40.0 Å². The van der Waals surface area contributed by atoms with Crippen molar-refractivity contribution in [2.45, 2.75) is 24.4 Å². The largest absolute Gasteiger partial charge is 0.493 e. The summed E-state index contributed by atoms with van der Waals surface area (Å²) in [7, 11) is -0.623. The number of sulfonamides is 1. The Morgan fingerprint density at radius 2 is 1.87 bits per heavy atom. The normalized spacial score (nSPS) is 14.4. The lowest BCUT2D eigenvalue weighted by Crippen LogP contribution is -2.30. The molecule has 0 amide bonds. The molecular weight excluding hydrogens is 410 g/mol. The highest BCUT2D eigenvalue weighted by molar-refractivity contribution is 7.89. The maximum Gasteiger partial charge on any atom is 0.241 e. The molecule has 1 aromatic carbocycles. The summed E-state index contributed by atoms with van der Waals surface area (Å²) in [5.74, 6) is 2.10. The van der Waals surface area contributed by atoms with E-state index in [-0.39, 0.29) is 10.7 Å². The molecule has 1 aliphatic heterocycles. The molecule has 0 radical (unpaired) electrons. The zero-order valence-electron chi connectivity index (χ0n) is 16.5. The van der Waals surface area contributed by atoms with Gasteiger partial charge in [-0.25, -0.2) is 13.6 Å². The molecule has 0 saturated carbocycles. The number of ether oxygens (including phenoxy) is 2. The van der Waals surface area contributed by atoms with Crippen molar-refractivity contribution >= 4 is 10.0 Å². The molecule has 3 heterocycles. The third-order valence-electron chi connectivity index (χ3n) is 4.92. The fraction of sp³-hybridized carbons (Fsp3) is 0.316. The first-order chi connectivity index (χ1) is 14.4. The molecule has 0 atom stereocenters. The molecule has 30 heavy (non-hydrogen) atoms. The van der Waals surface area contributed by atoms with E-state index < -0.39 is 10.0 Å². The highest BCUT2D eigenvalue weighted by Gasteiger charge is 2.22. The number of rotatable bonds is 6. The fourth-order valence-electron chi connectivity index (χ4n) is 3.40. The van der Waals surface area contributed by atoms with E-state index in [1.54, 1.807) is 14.2 Å². The molecule has 4 rings (SSSR count). The van der Waals surface area contributed by atoms with Gasteiger partial charge in [0.1, 0.15) is 4.90 Å². The summed E-state index contributed by atoms with van der Waals surface area (Å²) >= 11 is 0. The molecule has 0 bridgehead atoms. The zero-order valence-corrected chi connectivity index (χ0v) is 17.3. The van der Waals surface area contributed by atoms with Crippen LogP contribution < -0.4 is 14.6 Å². The van der Waals surface area contributed by atoms with Gasteiger partial charge in [0, 0.05) is 31.0 Å². The van der Waals surface area contributed by atoms with Gasteiger partial charge in [0.15, 0.2) is 11.5 Å². The number of hydrogen-bond acceptors (Lipinski definition) is 9. The average molecular weight is 431 g/mol. The lowest BCUT2D eigenvalue weighted by molar-refractivity contribution is 0.210. The fourth-order valence-corrected chi connectivity index (χ4v) is 3.90. The molecule has 10 nitrogen and oxygen atoms in total. The quantitative estimate of drug-likeness (QED) is 0.614. The number of nitrogens with zero attached hydrogens (tertiary/aromatic N) is 4. The molecule has 2 aromatic heterocycles. The minimum absolute atomic E-state index is 0.108. The van der Waals surface area contributed by atoms with Gasteiger partial charge in [-0.15, -0.1) is 0 Å². The molecule has 0 spiro atoms. The number of hydrogen-bond donors (Lipinski definition) is 1. The van der Waals surface area contributed by atoms with Gasteiger partial charge in [0.05, 0.1) is 20.8 Å². The second-order valence-corrected chi connectivity index (χ2v) is 8.46. The van der Waals surface area contributed by atoms with Crippen LogP contribution in [0.2, 0.25) is 0 Å². The monoisotopic (exact) mass is 431 g/mol. The number of aromatic nitrogens is 3. The second-order valence-electron chi connectivity index (χ2n) is 6.90. The maximum absolute atomic E-state index is 11.5. The van der Waals surface area contributed by atoms with Crippen molar-refractivity contribution in [1.82, 2.24) is 20.0 Å². The van der Waals surface area contributed by atoms with Gasteiger partial charge >= 0.3 is 0 Å². The van der Waals surface area contributed by atoms with Crippen LogP contribution in [0.4, 0.5) is 0 Å². The summed E-state index contributed by atoms with van der Waals surface area (Å²) in [5.41, 5.74) is 2.79. The molecule has 158 valence electrons. The van der Waals surface area contributed by atoms with Gasteiger partial charge in [-0.1, -0.05) is 5.16 Å². The summed E-state index contributed by atoms with van der Waals surface area (Å²) in [4.78, 5) is 10.3. The predicted molar refractivity (Wildman–Crippen MR) is 106 cm³/mol. The second kappa shape index (κ2) is 8.01. The van der Waals surface area contributed by atoms with Crippen molar-refractivity contribution in [1.29, 1.82) is 0 Å². The summed E-state index contributed by atoms with van der Waals surface area (Å²) in [5, 5.41) is 9.10. The molecular formula is C19H21N5O5S. The Kier molecular flexibility index (Phi) is 5.41. The van der Waals surface area contributed by atoms with Crippen LogP contribution in [0.1, 0.15) is 17.0 Å². The number of methoxy groups -OCH3 is 2. The van der Waals surface area contributed by atoms with E-state index in [2.05, 4.69) is 20.0 Å². The number of primary sulfonamides is 1. The van der Waals surface area contributed by atoms with E-state index in [0.29, 0.717) is 30.3 Å². The smallest absolute Gasteiger partial charge is 0.241 e. The molecule has 0 saturated heterocycles. The maximum atomic E-state index is 11.5. The summed E-state index contributed by atoms with van der Waals surface area (Å²) < 4.78 is 39.2. The van der Waals surface area contributed by atoms with Crippen LogP contribution in [0.3, 0.4) is 0 Å². The van der Waals surface area contributed by atoms with Gasteiger partial charge in [-0.2, -0.15) is 4.98 Å². The third-order valence-corrected chi connectivity index (χ3v) is 5.80. The predicted octanol–water partition coefficient (Wildman–Crippen LogP) is 1.35. The van der Waals surface area contributed by atoms with Crippen molar-refractivity contribution in [2.24, 2.45) is 5.14 Å². The van der Waals surface area contributed by atoms with Crippen LogP contribution in [0.5, 0.6) is 11.5 Å². The summed E-state index contributed by atoms with van der Waals surface area (Å²) in [6.07, 6.45) is 3.49. The Hall–Kier alpha value is -3.02. The Labute approximate surface area is 173 Å². The summed E-state index contributed by atoms with van der Waals surface area (Å²) in [6.45, 7) is 1.99. The number of benzene rings is 1. The first kappa shape index (κ1) is 20.3. The van der Waals surface area contributed by atoms with Crippen molar-refractivity contribution in [3.05, 3.63) is 47.6 Å². The molecule has 0 fully saturated rings. The Morgan fingerprint density at radius 1 is 1.13 bits per heavy atom. The van der Waals surface area contributed by atoms with Gasteiger partial charge in [0.2, 0.25) is 21.7 Å². The van der Waals surface area contributed by atoms with Crippen LogP contribution in [0.25, 0.3) is 11.4 Å². The number of nitrogens with two attached hydrogens (primary N) is 1. The average Bonchev–Trinajstić information content (AvgIpc) is 3.20. The molecule has 3 aromatic rings. The first-order valence-electron chi connectivity index (χ1n) is 9.14. The topological polar surface area (TPSA) is 134 Å². The van der Waals surface area contributed by atoms with Crippen LogP contribution in [-0.4, -0.2) is 49.2 Å². The molecule has 1 aliphatic rings.